The van der Waals surface area contributed by atoms with Gasteiger partial charge in [-0.3, -0.25) is 18.8 Å². The highest BCUT2D eigenvalue weighted by Gasteiger charge is 2.46. The average molecular weight is 657 g/mol. The summed E-state index contributed by atoms with van der Waals surface area (Å²) in [5.74, 6) is -0.477. The minimum atomic E-state index is -3.85. The van der Waals surface area contributed by atoms with Gasteiger partial charge in [0.25, 0.3) is 11.5 Å². The fourth-order valence-electron chi connectivity index (χ4n) is 6.12. The largest absolute Gasteiger partial charge is 0.383 e. The van der Waals surface area contributed by atoms with Crippen LogP contribution in [0, 0.1) is 6.92 Å². The molecule has 5 rings (SSSR count). The second kappa shape index (κ2) is 11.4. The van der Waals surface area contributed by atoms with E-state index in [1.54, 1.807) is 24.0 Å². The third-order valence-electron chi connectivity index (χ3n) is 8.16. The number of sulfonamides is 1. The van der Waals surface area contributed by atoms with Gasteiger partial charge >= 0.3 is 0 Å². The summed E-state index contributed by atoms with van der Waals surface area (Å²) in [5, 5.41) is 19.7. The summed E-state index contributed by atoms with van der Waals surface area (Å²) in [7, 11) is -0.353. The van der Waals surface area contributed by atoms with Crippen molar-refractivity contribution in [2.45, 2.75) is 57.7 Å². The summed E-state index contributed by atoms with van der Waals surface area (Å²) in [5.41, 5.74) is 0.700. The van der Waals surface area contributed by atoms with Crippen LogP contribution in [0.3, 0.4) is 0 Å². The maximum atomic E-state index is 13.8. The number of hydrogen-bond acceptors (Lipinski definition) is 10. The lowest BCUT2D eigenvalue weighted by Gasteiger charge is -2.49. The van der Waals surface area contributed by atoms with Crippen molar-refractivity contribution in [1.29, 1.82) is 0 Å². The summed E-state index contributed by atoms with van der Waals surface area (Å²) < 4.78 is 28.6. The molecule has 2 atom stereocenters. The molecule has 4 heterocycles. The highest BCUT2D eigenvalue weighted by Crippen LogP contribution is 2.42. The van der Waals surface area contributed by atoms with Crippen molar-refractivity contribution in [3.05, 3.63) is 74.6 Å². The summed E-state index contributed by atoms with van der Waals surface area (Å²) in [6.07, 6.45) is 3.44. The van der Waals surface area contributed by atoms with Crippen LogP contribution in [0.4, 0.5) is 11.6 Å². The van der Waals surface area contributed by atoms with Crippen LogP contribution < -0.4 is 20.5 Å². The highest BCUT2D eigenvalue weighted by molar-refractivity contribution is 7.89. The number of nitrogens with zero attached hydrogens (tertiary/aromatic N) is 6. The van der Waals surface area contributed by atoms with Crippen LogP contribution in [0.5, 0.6) is 0 Å². The molecular formula is C30H37ClN8O5S. The number of aryl methyl sites for hydroxylation is 2. The molecular weight excluding hydrogens is 620 g/mol. The Morgan fingerprint density at radius 3 is 2.49 bits per heavy atom. The van der Waals surface area contributed by atoms with Crippen LogP contribution in [0.25, 0.3) is 10.9 Å². The van der Waals surface area contributed by atoms with Gasteiger partial charge in [0.1, 0.15) is 10.8 Å². The Morgan fingerprint density at radius 1 is 1.16 bits per heavy atom. The summed E-state index contributed by atoms with van der Waals surface area (Å²) in [4.78, 5) is 37.8. The fraction of sp³-hybridized carbons (Fsp3) is 0.433. The zero-order chi connectivity index (χ0) is 33.1. The number of pyridine rings is 1. The maximum Gasteiger partial charge on any atom is 0.285 e. The summed E-state index contributed by atoms with van der Waals surface area (Å²) in [6, 6.07) is 8.05. The van der Waals surface area contributed by atoms with E-state index < -0.39 is 33.1 Å². The van der Waals surface area contributed by atoms with Crippen molar-refractivity contribution >= 4 is 50.1 Å². The molecule has 0 unspecified atom stereocenters. The number of carbonyl (C=O) groups is 1. The molecule has 45 heavy (non-hydrogen) atoms. The first kappa shape index (κ1) is 32.4. The lowest BCUT2D eigenvalue weighted by atomic mass is 9.77. The molecule has 0 bridgehead atoms. The van der Waals surface area contributed by atoms with Gasteiger partial charge in [0, 0.05) is 44.4 Å². The SMILES string of the molecule is Cc1cc([C@@H](C)Nc2ccc(Cl)nc2C(=O)NS(C)(=O)=O)c2nc(N3CC[C@](O)(c4ccn(C)n4)CC3(C)C)n(C)c(=O)c2c1. The number of amides is 1. The van der Waals surface area contributed by atoms with Crippen LogP contribution in [-0.2, 0) is 29.7 Å². The van der Waals surface area contributed by atoms with Gasteiger partial charge in [0.15, 0.2) is 5.69 Å². The van der Waals surface area contributed by atoms with Crippen LogP contribution >= 0.6 is 11.6 Å². The topological polar surface area (TPSA) is 164 Å². The van der Waals surface area contributed by atoms with Gasteiger partial charge in [-0.1, -0.05) is 17.7 Å². The van der Waals surface area contributed by atoms with Gasteiger partial charge in [0.05, 0.1) is 34.6 Å². The number of aromatic nitrogens is 5. The number of carbonyl (C=O) groups excluding carboxylic acids is 1. The van der Waals surface area contributed by atoms with Gasteiger partial charge in [-0.25, -0.2) is 23.1 Å². The normalized spacial score (nSPS) is 19.0. The number of hydrogen-bond donors (Lipinski definition) is 3. The maximum absolute atomic E-state index is 13.8. The Kier molecular flexibility index (Phi) is 8.21. The van der Waals surface area contributed by atoms with E-state index >= 15 is 0 Å². The Morgan fingerprint density at radius 2 is 1.87 bits per heavy atom. The average Bonchev–Trinajstić information content (AvgIpc) is 3.37. The third-order valence-corrected chi connectivity index (χ3v) is 8.93. The summed E-state index contributed by atoms with van der Waals surface area (Å²) >= 11 is 6.04. The van der Waals surface area contributed by atoms with Gasteiger partial charge < -0.3 is 15.3 Å². The van der Waals surface area contributed by atoms with Crippen LogP contribution in [0.2, 0.25) is 5.15 Å². The van der Waals surface area contributed by atoms with Crippen LogP contribution in [0.1, 0.15) is 67.0 Å². The van der Waals surface area contributed by atoms with Gasteiger partial charge in [-0.05, 0) is 63.9 Å². The predicted molar refractivity (Wildman–Crippen MR) is 173 cm³/mol. The fourth-order valence-corrected chi connectivity index (χ4v) is 6.70. The Bertz CT molecular complexity index is 1990. The first-order valence-corrected chi connectivity index (χ1v) is 16.6. The minimum absolute atomic E-state index is 0.0155. The predicted octanol–water partition coefficient (Wildman–Crippen LogP) is 3.15. The van der Waals surface area contributed by atoms with E-state index in [0.29, 0.717) is 47.5 Å². The van der Waals surface area contributed by atoms with Crippen LogP contribution in [-0.4, -0.2) is 62.1 Å². The molecule has 0 saturated carbocycles. The van der Waals surface area contributed by atoms with Gasteiger partial charge in [-0.15, -0.1) is 0 Å². The molecule has 1 fully saturated rings. The Labute approximate surface area is 266 Å². The Balaban J connectivity index is 1.56. The molecule has 1 saturated heterocycles. The van der Waals surface area contributed by atoms with Crippen LogP contribution in [0.15, 0.2) is 41.3 Å². The lowest BCUT2D eigenvalue weighted by Crippen LogP contribution is -2.57. The number of nitrogens with one attached hydrogen (secondary N) is 2. The number of piperidine rings is 1. The van der Waals surface area contributed by atoms with E-state index in [2.05, 4.69) is 15.4 Å². The molecule has 0 radical (unpaired) electrons. The molecule has 13 nitrogen and oxygen atoms in total. The molecule has 3 N–H and O–H groups in total. The van der Waals surface area contributed by atoms with E-state index in [1.165, 1.54) is 16.7 Å². The van der Waals surface area contributed by atoms with E-state index in [1.807, 2.05) is 56.5 Å². The molecule has 0 spiro atoms. The standard InChI is InChI=1S/C30H37ClN8O5S/c1-17-14-19(18(2)32-21-8-9-23(31)33-25(21)26(40)36-45(7,43)44)24-20(15-17)27(41)38(6)28(34-24)39-13-11-30(42,16-29(39,3)4)22-10-12-37(5)35-22/h8-10,12,14-15,18,32,42H,11,13,16H2,1-7H3,(H,36,40)/t18-,30-/m1/s1. The minimum Gasteiger partial charge on any atom is -0.383 e. The molecule has 240 valence electrons. The van der Waals surface area contributed by atoms with Gasteiger partial charge in [0.2, 0.25) is 16.0 Å². The van der Waals surface area contributed by atoms with E-state index in [0.717, 1.165) is 11.8 Å². The van der Waals surface area contributed by atoms with Gasteiger partial charge in [-0.2, -0.15) is 5.10 Å². The zero-order valence-electron chi connectivity index (χ0n) is 26.2. The molecule has 4 aromatic rings. The number of rotatable bonds is 7. The van der Waals surface area contributed by atoms with Crippen molar-refractivity contribution in [2.75, 3.05) is 23.0 Å². The molecule has 0 aliphatic carbocycles. The summed E-state index contributed by atoms with van der Waals surface area (Å²) in [6.45, 7) is 8.17. The number of aliphatic hydroxyl groups is 1. The monoisotopic (exact) mass is 656 g/mol. The van der Waals surface area contributed by atoms with Crippen molar-refractivity contribution in [3.8, 4) is 0 Å². The van der Waals surface area contributed by atoms with Crippen molar-refractivity contribution in [2.24, 2.45) is 14.1 Å². The van der Waals surface area contributed by atoms with E-state index in [4.69, 9.17) is 16.6 Å². The number of fused-ring (bicyclic) bond motifs is 1. The molecule has 1 aliphatic heterocycles. The smallest absolute Gasteiger partial charge is 0.285 e. The Hall–Kier alpha value is -4.01. The van der Waals surface area contributed by atoms with E-state index in [-0.39, 0.29) is 22.1 Å². The first-order chi connectivity index (χ1) is 20.9. The molecule has 1 aliphatic rings. The molecule has 15 heteroatoms. The molecule has 1 amide bonds. The quantitative estimate of drug-likeness (QED) is 0.252. The number of halogens is 1. The van der Waals surface area contributed by atoms with E-state index in [9.17, 15) is 23.1 Å². The second-order valence-corrected chi connectivity index (χ2v) is 14.6. The number of anilines is 2. The third kappa shape index (κ3) is 6.40. The second-order valence-electron chi connectivity index (χ2n) is 12.4. The molecule has 1 aromatic carbocycles. The van der Waals surface area contributed by atoms with Crippen molar-refractivity contribution in [3.63, 3.8) is 0 Å². The highest BCUT2D eigenvalue weighted by atomic mass is 35.5. The lowest BCUT2D eigenvalue weighted by molar-refractivity contribution is -0.0199. The zero-order valence-corrected chi connectivity index (χ0v) is 27.8. The molecule has 3 aromatic heterocycles. The number of benzene rings is 1. The van der Waals surface area contributed by atoms with Crippen molar-refractivity contribution < 1.29 is 18.3 Å². The first-order valence-electron chi connectivity index (χ1n) is 14.4. The van der Waals surface area contributed by atoms with Crippen molar-refractivity contribution in [1.82, 2.24) is 29.0 Å².